The maximum absolute atomic E-state index is 11.3. The van der Waals surface area contributed by atoms with Crippen LogP contribution >= 0.6 is 0 Å². The van der Waals surface area contributed by atoms with E-state index < -0.39 is 12.0 Å². The Bertz CT molecular complexity index is 319. The summed E-state index contributed by atoms with van der Waals surface area (Å²) in [6, 6.07) is -1.22. The second-order valence-electron chi connectivity index (χ2n) is 3.97. The minimum Gasteiger partial charge on any atom is -0.480 e. The monoisotopic (exact) mass is 243 g/mol. The molecule has 1 rings (SSSR count). The van der Waals surface area contributed by atoms with Gasteiger partial charge in [-0.2, -0.15) is 0 Å². The number of imide groups is 1. The summed E-state index contributed by atoms with van der Waals surface area (Å²) in [6.07, 6.45) is 2.09. The third-order valence-corrected chi connectivity index (χ3v) is 2.63. The van der Waals surface area contributed by atoms with Gasteiger partial charge >= 0.3 is 12.0 Å². The van der Waals surface area contributed by atoms with Crippen molar-refractivity contribution >= 4 is 17.9 Å². The maximum Gasteiger partial charge on any atom is 0.324 e. The number of hydrogen-bond donors (Lipinski definition) is 3. The summed E-state index contributed by atoms with van der Waals surface area (Å²) in [5.74, 6) is -1.17. The standard InChI is InChI=1S/C10H17N3O4/c11-7(9(15)16)3-1-2-5-12-10(17)13-6-4-8(13)14/h7H,1-6,11H2,(H,12,17)(H,15,16). The fourth-order valence-corrected chi connectivity index (χ4v) is 1.43. The van der Waals surface area contributed by atoms with E-state index in [0.29, 0.717) is 38.8 Å². The highest BCUT2D eigenvalue weighted by Crippen LogP contribution is 2.08. The fraction of sp³-hybridized carbons (Fsp3) is 0.700. The van der Waals surface area contributed by atoms with Crippen molar-refractivity contribution in [3.8, 4) is 0 Å². The van der Waals surface area contributed by atoms with Crippen LogP contribution in [0.3, 0.4) is 0 Å². The van der Waals surface area contributed by atoms with Crippen molar-refractivity contribution < 1.29 is 19.5 Å². The molecule has 0 radical (unpaired) electrons. The molecule has 4 N–H and O–H groups in total. The maximum atomic E-state index is 11.3. The number of likely N-dealkylation sites (tertiary alicyclic amines) is 1. The van der Waals surface area contributed by atoms with Crippen LogP contribution in [-0.4, -0.2) is 47.0 Å². The highest BCUT2D eigenvalue weighted by Gasteiger charge is 2.29. The van der Waals surface area contributed by atoms with Crippen molar-refractivity contribution in [3.63, 3.8) is 0 Å². The number of nitrogens with zero attached hydrogens (tertiary/aromatic N) is 1. The molecule has 17 heavy (non-hydrogen) atoms. The summed E-state index contributed by atoms with van der Waals surface area (Å²) in [7, 11) is 0. The van der Waals surface area contributed by atoms with Gasteiger partial charge in [0.1, 0.15) is 6.04 Å². The molecule has 0 spiro atoms. The van der Waals surface area contributed by atoms with Crippen molar-refractivity contribution in [2.24, 2.45) is 5.73 Å². The Balaban J connectivity index is 2.02. The number of unbranched alkanes of at least 4 members (excludes halogenated alkanes) is 1. The average Bonchev–Trinajstić information content (AvgIpc) is 2.26. The molecule has 96 valence electrons. The number of rotatable bonds is 6. The molecule has 0 bridgehead atoms. The third kappa shape index (κ3) is 4.03. The van der Waals surface area contributed by atoms with Crippen molar-refractivity contribution in [3.05, 3.63) is 0 Å². The minimum absolute atomic E-state index is 0.157. The van der Waals surface area contributed by atoms with E-state index in [1.54, 1.807) is 0 Å². The second-order valence-corrected chi connectivity index (χ2v) is 3.97. The van der Waals surface area contributed by atoms with E-state index in [4.69, 9.17) is 10.8 Å². The van der Waals surface area contributed by atoms with Crippen LogP contribution in [0.5, 0.6) is 0 Å². The van der Waals surface area contributed by atoms with Gasteiger partial charge in [0.2, 0.25) is 5.91 Å². The number of β-lactam (4-membered cyclic amide) rings is 1. The van der Waals surface area contributed by atoms with E-state index >= 15 is 0 Å². The molecule has 1 unspecified atom stereocenters. The van der Waals surface area contributed by atoms with Gasteiger partial charge in [0.25, 0.3) is 0 Å². The molecule has 1 aliphatic rings. The van der Waals surface area contributed by atoms with Crippen LogP contribution in [0.4, 0.5) is 4.79 Å². The number of hydrogen-bond acceptors (Lipinski definition) is 4. The summed E-state index contributed by atoms with van der Waals surface area (Å²) in [5, 5.41) is 11.1. The second kappa shape index (κ2) is 6.19. The Hall–Kier alpha value is -1.63. The van der Waals surface area contributed by atoms with Crippen molar-refractivity contribution in [1.29, 1.82) is 0 Å². The molecule has 1 saturated heterocycles. The van der Waals surface area contributed by atoms with Gasteiger partial charge in [-0.3, -0.25) is 14.5 Å². The van der Waals surface area contributed by atoms with Gasteiger partial charge in [-0.15, -0.1) is 0 Å². The van der Waals surface area contributed by atoms with E-state index in [1.807, 2.05) is 0 Å². The number of carboxylic acids is 1. The predicted octanol–water partition coefficient (Wildman–Crippen LogP) is -0.489. The first-order chi connectivity index (χ1) is 8.02. The van der Waals surface area contributed by atoms with Gasteiger partial charge in [0, 0.05) is 19.5 Å². The zero-order chi connectivity index (χ0) is 12.8. The average molecular weight is 243 g/mol. The molecule has 7 heteroatoms. The molecule has 0 aliphatic carbocycles. The molecular formula is C10H17N3O4. The molecule has 3 amide bonds. The zero-order valence-corrected chi connectivity index (χ0v) is 9.52. The Morgan fingerprint density at radius 3 is 2.65 bits per heavy atom. The van der Waals surface area contributed by atoms with Crippen molar-refractivity contribution in [2.75, 3.05) is 13.1 Å². The largest absolute Gasteiger partial charge is 0.480 e. The van der Waals surface area contributed by atoms with E-state index in [9.17, 15) is 14.4 Å². The molecule has 0 aromatic rings. The number of carboxylic acid groups (broad SMARTS) is 1. The topological polar surface area (TPSA) is 113 Å². The van der Waals surface area contributed by atoms with Gasteiger partial charge in [-0.05, 0) is 19.3 Å². The van der Waals surface area contributed by atoms with E-state index in [2.05, 4.69) is 5.32 Å². The number of urea groups is 1. The first-order valence-corrected chi connectivity index (χ1v) is 5.59. The molecule has 1 heterocycles. The normalized spacial score (nSPS) is 16.3. The Labute approximate surface area is 98.9 Å². The smallest absolute Gasteiger partial charge is 0.324 e. The van der Waals surface area contributed by atoms with Gasteiger partial charge in [0.15, 0.2) is 0 Å². The lowest BCUT2D eigenvalue weighted by Crippen LogP contribution is -2.52. The minimum atomic E-state index is -1.01. The lowest BCUT2D eigenvalue weighted by Gasteiger charge is -2.28. The molecule has 0 aromatic heterocycles. The van der Waals surface area contributed by atoms with E-state index in [0.717, 1.165) is 4.90 Å². The van der Waals surface area contributed by atoms with Crippen molar-refractivity contribution in [1.82, 2.24) is 10.2 Å². The van der Waals surface area contributed by atoms with Gasteiger partial charge in [-0.1, -0.05) is 0 Å². The molecule has 1 atom stereocenters. The quantitative estimate of drug-likeness (QED) is 0.430. The Kier molecular flexibility index (Phi) is 4.89. The van der Waals surface area contributed by atoms with Crippen molar-refractivity contribution in [2.45, 2.75) is 31.7 Å². The molecule has 7 nitrogen and oxygen atoms in total. The van der Waals surface area contributed by atoms with Gasteiger partial charge in [-0.25, -0.2) is 4.79 Å². The number of aliphatic carboxylic acids is 1. The Morgan fingerprint density at radius 2 is 2.18 bits per heavy atom. The number of nitrogens with two attached hydrogens (primary N) is 1. The first-order valence-electron chi connectivity index (χ1n) is 5.59. The van der Waals surface area contributed by atoms with Gasteiger partial charge < -0.3 is 16.2 Å². The van der Waals surface area contributed by atoms with Crippen LogP contribution in [0.15, 0.2) is 0 Å². The van der Waals surface area contributed by atoms with Crippen LogP contribution < -0.4 is 11.1 Å². The number of carbonyl (C=O) groups excluding carboxylic acids is 2. The Morgan fingerprint density at radius 1 is 1.47 bits per heavy atom. The van der Waals surface area contributed by atoms with Gasteiger partial charge in [0.05, 0.1) is 0 Å². The van der Waals surface area contributed by atoms with Crippen LogP contribution in [-0.2, 0) is 9.59 Å². The molecule has 0 saturated carbocycles. The number of amides is 3. The highest BCUT2D eigenvalue weighted by molar-refractivity contribution is 5.98. The fourth-order valence-electron chi connectivity index (χ4n) is 1.43. The first kappa shape index (κ1) is 13.4. The van der Waals surface area contributed by atoms with E-state index in [1.165, 1.54) is 0 Å². The summed E-state index contributed by atoms with van der Waals surface area (Å²) in [4.78, 5) is 33.8. The number of nitrogens with one attached hydrogen (secondary N) is 1. The lowest BCUT2D eigenvalue weighted by molar-refractivity contribution is -0.139. The molecule has 1 aliphatic heterocycles. The number of carbonyl (C=O) groups is 3. The summed E-state index contributed by atoms with van der Waals surface area (Å²) in [6.45, 7) is 0.906. The van der Waals surface area contributed by atoms with E-state index in [-0.39, 0.29) is 11.9 Å². The lowest BCUT2D eigenvalue weighted by atomic mass is 10.1. The molecular weight excluding hydrogens is 226 g/mol. The van der Waals surface area contributed by atoms with Crippen LogP contribution in [0, 0.1) is 0 Å². The third-order valence-electron chi connectivity index (χ3n) is 2.63. The van der Waals surface area contributed by atoms with Crippen LogP contribution in [0.25, 0.3) is 0 Å². The van der Waals surface area contributed by atoms with Crippen LogP contribution in [0.1, 0.15) is 25.7 Å². The molecule has 1 fully saturated rings. The SMILES string of the molecule is NC(CCCCNC(=O)N1CCC1=O)C(=O)O. The summed E-state index contributed by atoms with van der Waals surface area (Å²) in [5.41, 5.74) is 5.32. The highest BCUT2D eigenvalue weighted by atomic mass is 16.4. The summed E-state index contributed by atoms with van der Waals surface area (Å²) >= 11 is 0. The summed E-state index contributed by atoms with van der Waals surface area (Å²) < 4.78 is 0. The molecule has 0 aromatic carbocycles. The predicted molar refractivity (Wildman–Crippen MR) is 59.2 cm³/mol. The zero-order valence-electron chi connectivity index (χ0n) is 9.52. The van der Waals surface area contributed by atoms with Crippen LogP contribution in [0.2, 0.25) is 0 Å².